The number of hydrogen-bond acceptors (Lipinski definition) is 4. The smallest absolute Gasteiger partial charge is 0.133 e. The maximum Gasteiger partial charge on any atom is 0.133 e. The maximum atomic E-state index is 9.96. The van der Waals surface area contributed by atoms with E-state index in [0.717, 1.165) is 6.29 Å². The van der Waals surface area contributed by atoms with Gasteiger partial charge in [0.1, 0.15) is 6.29 Å². The summed E-state index contributed by atoms with van der Waals surface area (Å²) in [5.41, 5.74) is 5.34. The number of nitrogens with one attached hydrogen (secondary N) is 1. The van der Waals surface area contributed by atoms with Crippen LogP contribution in [0.2, 0.25) is 0 Å². The van der Waals surface area contributed by atoms with E-state index in [1.807, 2.05) is 0 Å². The zero-order valence-corrected chi connectivity index (χ0v) is 5.80. The number of carbonyl (C=O) groups excluding carboxylic acids is 1. The van der Waals surface area contributed by atoms with Crippen molar-refractivity contribution in [1.29, 1.82) is 0 Å². The summed E-state index contributed by atoms with van der Waals surface area (Å²) in [5.74, 6) is 0. The molecule has 0 radical (unpaired) electrons. The van der Waals surface area contributed by atoms with E-state index in [1.165, 1.54) is 0 Å². The van der Waals surface area contributed by atoms with Crippen LogP contribution >= 0.6 is 0 Å². The van der Waals surface area contributed by atoms with Gasteiger partial charge in [-0.15, -0.1) is 0 Å². The third kappa shape index (κ3) is 1.34. The number of carbonyl (C=O) groups is 1. The average Bonchev–Trinajstić information content (AvgIpc) is 1.87. The van der Waals surface area contributed by atoms with E-state index in [4.69, 9.17) is 10.5 Å². The van der Waals surface area contributed by atoms with E-state index in [1.54, 1.807) is 0 Å². The van der Waals surface area contributed by atoms with Crippen molar-refractivity contribution in [3.63, 3.8) is 0 Å². The molecule has 0 unspecified atom stereocenters. The Morgan fingerprint density at radius 2 is 2.40 bits per heavy atom. The second kappa shape index (κ2) is 3.09. The molecule has 3 N–H and O–H groups in total. The lowest BCUT2D eigenvalue weighted by atomic mass is 9.98. The molecule has 1 aliphatic heterocycles. The van der Waals surface area contributed by atoms with Crippen molar-refractivity contribution in [2.75, 3.05) is 26.3 Å². The zero-order chi connectivity index (χ0) is 7.45. The lowest BCUT2D eigenvalue weighted by Crippen LogP contribution is -2.65. The first-order chi connectivity index (χ1) is 4.83. The fraction of sp³-hybridized carbons (Fsp3) is 0.833. The van der Waals surface area contributed by atoms with E-state index in [-0.39, 0.29) is 5.54 Å². The van der Waals surface area contributed by atoms with Gasteiger partial charge in [0.15, 0.2) is 0 Å². The summed E-state index contributed by atoms with van der Waals surface area (Å²) < 4.78 is 4.97. The molecule has 1 fully saturated rings. The molecule has 1 aliphatic rings. The van der Waals surface area contributed by atoms with Gasteiger partial charge in [-0.25, -0.2) is 0 Å². The van der Waals surface area contributed by atoms with Crippen molar-refractivity contribution in [2.24, 2.45) is 5.73 Å². The Labute approximate surface area is 59.7 Å². The summed E-state index contributed by atoms with van der Waals surface area (Å²) >= 11 is 0. The molecule has 1 saturated heterocycles. The lowest BCUT2D eigenvalue weighted by Gasteiger charge is -2.40. The van der Waals surface area contributed by atoms with Crippen LogP contribution in [0.5, 0.6) is 0 Å². The molecule has 0 spiro atoms. The van der Waals surface area contributed by atoms with E-state index >= 15 is 0 Å². The van der Waals surface area contributed by atoms with E-state index < -0.39 is 0 Å². The standard InChI is InChI=1S/C6H12N2O2/c7-3-6(4-10-5-6)8-1-2-9/h2,8H,1,3-5,7H2. The van der Waals surface area contributed by atoms with Crippen LogP contribution < -0.4 is 11.1 Å². The van der Waals surface area contributed by atoms with E-state index in [0.29, 0.717) is 26.3 Å². The third-order valence-electron chi connectivity index (χ3n) is 1.71. The highest BCUT2D eigenvalue weighted by molar-refractivity contribution is 5.52. The van der Waals surface area contributed by atoms with Crippen molar-refractivity contribution in [3.05, 3.63) is 0 Å². The molecule has 0 atom stereocenters. The largest absolute Gasteiger partial charge is 0.377 e. The van der Waals surface area contributed by atoms with Crippen LogP contribution in [0.4, 0.5) is 0 Å². The Morgan fingerprint density at radius 3 is 2.70 bits per heavy atom. The van der Waals surface area contributed by atoms with Crippen molar-refractivity contribution in [2.45, 2.75) is 5.54 Å². The summed E-state index contributed by atoms with van der Waals surface area (Å²) in [6, 6.07) is 0. The quantitative estimate of drug-likeness (QED) is 0.471. The van der Waals surface area contributed by atoms with Gasteiger partial charge in [0.05, 0.1) is 25.3 Å². The Bertz CT molecular complexity index is 117. The number of ether oxygens (including phenoxy) is 1. The minimum absolute atomic E-state index is 0.110. The second-order valence-corrected chi connectivity index (χ2v) is 2.52. The summed E-state index contributed by atoms with van der Waals surface area (Å²) in [7, 11) is 0. The molecule has 0 amide bonds. The van der Waals surface area contributed by atoms with Gasteiger partial charge in [0, 0.05) is 6.54 Å². The SMILES string of the molecule is NCC1(NCC=O)COC1. The molecule has 1 rings (SSSR count). The number of rotatable bonds is 4. The fourth-order valence-electron chi connectivity index (χ4n) is 0.899. The highest BCUT2D eigenvalue weighted by Crippen LogP contribution is 2.13. The number of hydrogen-bond donors (Lipinski definition) is 2. The first kappa shape index (κ1) is 7.65. The Kier molecular flexibility index (Phi) is 2.37. The van der Waals surface area contributed by atoms with Crippen molar-refractivity contribution >= 4 is 6.29 Å². The maximum absolute atomic E-state index is 9.96. The molecule has 4 nitrogen and oxygen atoms in total. The van der Waals surface area contributed by atoms with Gasteiger partial charge in [-0.05, 0) is 0 Å². The molecule has 10 heavy (non-hydrogen) atoms. The molecule has 58 valence electrons. The van der Waals surface area contributed by atoms with Gasteiger partial charge in [0.25, 0.3) is 0 Å². The van der Waals surface area contributed by atoms with Crippen LogP contribution in [0.15, 0.2) is 0 Å². The van der Waals surface area contributed by atoms with Crippen LogP contribution in [0.1, 0.15) is 0 Å². The van der Waals surface area contributed by atoms with Crippen molar-refractivity contribution in [1.82, 2.24) is 5.32 Å². The fourth-order valence-corrected chi connectivity index (χ4v) is 0.899. The summed E-state index contributed by atoms with van der Waals surface area (Å²) in [6.45, 7) is 2.13. The Balaban J connectivity index is 2.26. The van der Waals surface area contributed by atoms with Gasteiger partial charge >= 0.3 is 0 Å². The van der Waals surface area contributed by atoms with Crippen LogP contribution in [0.25, 0.3) is 0 Å². The normalized spacial score (nSPS) is 21.7. The highest BCUT2D eigenvalue weighted by Gasteiger charge is 2.36. The van der Waals surface area contributed by atoms with Gasteiger partial charge in [0.2, 0.25) is 0 Å². The first-order valence-corrected chi connectivity index (χ1v) is 3.29. The predicted molar refractivity (Wildman–Crippen MR) is 36.7 cm³/mol. The minimum Gasteiger partial charge on any atom is -0.377 e. The topological polar surface area (TPSA) is 64.3 Å². The molecular formula is C6H12N2O2. The first-order valence-electron chi connectivity index (χ1n) is 3.29. The molecule has 0 aromatic carbocycles. The monoisotopic (exact) mass is 144 g/mol. The van der Waals surface area contributed by atoms with Crippen molar-refractivity contribution < 1.29 is 9.53 Å². The Hall–Kier alpha value is -0.450. The third-order valence-corrected chi connectivity index (χ3v) is 1.71. The second-order valence-electron chi connectivity index (χ2n) is 2.52. The van der Waals surface area contributed by atoms with Gasteiger partial charge in [-0.1, -0.05) is 0 Å². The molecule has 0 aliphatic carbocycles. The van der Waals surface area contributed by atoms with Gasteiger partial charge < -0.3 is 15.3 Å². The molecule has 4 heteroatoms. The average molecular weight is 144 g/mol. The lowest BCUT2D eigenvalue weighted by molar-refractivity contribution is -0.109. The van der Waals surface area contributed by atoms with Crippen LogP contribution in [-0.4, -0.2) is 38.1 Å². The van der Waals surface area contributed by atoms with E-state index in [2.05, 4.69) is 5.32 Å². The van der Waals surface area contributed by atoms with Crippen molar-refractivity contribution in [3.8, 4) is 0 Å². The molecule has 0 saturated carbocycles. The molecule has 0 aromatic heterocycles. The van der Waals surface area contributed by atoms with Gasteiger partial charge in [-0.2, -0.15) is 0 Å². The number of aldehydes is 1. The summed E-state index contributed by atoms with van der Waals surface area (Å²) in [6.07, 6.45) is 0.829. The minimum atomic E-state index is -0.110. The predicted octanol–water partition coefficient (Wildman–Crippen LogP) is -1.50. The number of nitrogens with two attached hydrogens (primary N) is 1. The van der Waals surface area contributed by atoms with Gasteiger partial charge in [-0.3, -0.25) is 5.32 Å². The summed E-state index contributed by atoms with van der Waals surface area (Å²) in [5, 5.41) is 3.01. The van der Waals surface area contributed by atoms with Crippen LogP contribution in [0, 0.1) is 0 Å². The van der Waals surface area contributed by atoms with Crippen LogP contribution in [0.3, 0.4) is 0 Å². The Morgan fingerprint density at radius 1 is 1.70 bits per heavy atom. The molecule has 0 bridgehead atoms. The molecule has 1 heterocycles. The molecule has 0 aromatic rings. The summed E-state index contributed by atoms with van der Waals surface area (Å²) in [4.78, 5) is 9.96. The molecular weight excluding hydrogens is 132 g/mol. The van der Waals surface area contributed by atoms with E-state index in [9.17, 15) is 4.79 Å². The highest BCUT2D eigenvalue weighted by atomic mass is 16.5. The zero-order valence-electron chi connectivity index (χ0n) is 5.80. The van der Waals surface area contributed by atoms with Crippen LogP contribution in [-0.2, 0) is 9.53 Å².